The van der Waals surface area contributed by atoms with Crippen LogP contribution in [0.15, 0.2) is 24.3 Å². The maximum Gasteiger partial charge on any atom is 0.265 e. The zero-order valence-corrected chi connectivity index (χ0v) is 11.1. The highest BCUT2D eigenvalue weighted by molar-refractivity contribution is 5.93. The summed E-state index contributed by atoms with van der Waals surface area (Å²) in [5, 5.41) is 8.30. The molecule has 0 spiro atoms. The molecule has 0 aliphatic carbocycles. The summed E-state index contributed by atoms with van der Waals surface area (Å²) >= 11 is 0. The van der Waals surface area contributed by atoms with E-state index < -0.39 is 0 Å². The highest BCUT2D eigenvalue weighted by Crippen LogP contribution is 2.13. The average molecular weight is 281 g/mol. The maximum atomic E-state index is 11.2. The molecule has 20 heavy (non-hydrogen) atoms. The van der Waals surface area contributed by atoms with E-state index in [0.29, 0.717) is 30.8 Å². The van der Waals surface area contributed by atoms with Crippen molar-refractivity contribution in [2.75, 3.05) is 6.61 Å². The Kier molecular flexibility index (Phi) is 7.08. The zero-order chi connectivity index (χ0) is 14.8. The van der Waals surface area contributed by atoms with Gasteiger partial charge >= 0.3 is 0 Å². The predicted octanol–water partition coefficient (Wildman–Crippen LogP) is 0.735. The van der Waals surface area contributed by atoms with Gasteiger partial charge in [0.25, 0.3) is 5.91 Å². The van der Waals surface area contributed by atoms with Crippen molar-refractivity contribution in [3.05, 3.63) is 29.8 Å². The summed E-state index contributed by atoms with van der Waals surface area (Å²) in [6, 6.07) is 6.65. The monoisotopic (exact) mass is 281 g/mol. The topological polar surface area (TPSA) is 114 Å². The molecule has 0 aliphatic rings. The van der Waals surface area contributed by atoms with E-state index in [2.05, 4.69) is 5.43 Å². The van der Waals surface area contributed by atoms with Crippen LogP contribution in [0, 0.1) is 0 Å². The summed E-state index contributed by atoms with van der Waals surface area (Å²) in [7, 11) is 0. The summed E-state index contributed by atoms with van der Waals surface area (Å²) in [6.07, 6.45) is 2.65. The zero-order valence-electron chi connectivity index (χ0n) is 11.1. The van der Waals surface area contributed by atoms with Gasteiger partial charge in [0.2, 0.25) is 5.91 Å². The summed E-state index contributed by atoms with van der Waals surface area (Å²) in [6.45, 7) is 0.531. The number of carbonyl (C=O) groups excluding carboxylic acids is 2. The van der Waals surface area contributed by atoms with Crippen molar-refractivity contribution in [2.45, 2.75) is 25.7 Å². The van der Waals surface area contributed by atoms with Crippen molar-refractivity contribution in [1.29, 1.82) is 0 Å². The molecule has 1 aromatic carbocycles. The van der Waals surface area contributed by atoms with Gasteiger partial charge < -0.3 is 4.74 Å². The van der Waals surface area contributed by atoms with Gasteiger partial charge in [0, 0.05) is 12.0 Å². The second-order valence-corrected chi connectivity index (χ2v) is 4.19. The van der Waals surface area contributed by atoms with Crippen LogP contribution in [0.1, 0.15) is 36.0 Å². The molecule has 0 bridgehead atoms. The molecule has 1 rings (SSSR count). The molecule has 0 atom stereocenters. The molecular formula is C13H19N3O4. The van der Waals surface area contributed by atoms with Crippen molar-refractivity contribution >= 4 is 11.8 Å². The third kappa shape index (κ3) is 5.68. The highest BCUT2D eigenvalue weighted by atomic mass is 16.5. The molecule has 7 heteroatoms. The van der Waals surface area contributed by atoms with Crippen molar-refractivity contribution in [3.8, 4) is 5.75 Å². The van der Waals surface area contributed by atoms with Crippen LogP contribution in [0.25, 0.3) is 0 Å². The molecule has 0 heterocycles. The standard InChI is InChI=1S/C13H19N3O4/c14-15-13(18)10-5-7-11(8-6-10)20-9-3-1-2-4-12(17)16-19/h5-8,19H,1-4,9,14H2,(H,15,18)(H,16,17). The number of hydrogen-bond donors (Lipinski definition) is 4. The number of hydrazine groups is 1. The number of hydroxylamine groups is 1. The quantitative estimate of drug-likeness (QED) is 0.184. The molecule has 7 nitrogen and oxygen atoms in total. The lowest BCUT2D eigenvalue weighted by Crippen LogP contribution is -2.29. The number of nitrogens with one attached hydrogen (secondary N) is 2. The molecule has 0 fully saturated rings. The molecule has 0 aromatic heterocycles. The third-order valence-electron chi connectivity index (χ3n) is 2.69. The number of nitrogens with two attached hydrogens (primary N) is 1. The van der Waals surface area contributed by atoms with Crippen molar-refractivity contribution in [3.63, 3.8) is 0 Å². The van der Waals surface area contributed by atoms with Gasteiger partial charge in [-0.25, -0.2) is 11.3 Å². The molecule has 0 radical (unpaired) electrons. The Morgan fingerprint density at radius 1 is 1.15 bits per heavy atom. The number of nitrogen functional groups attached to an aromatic ring is 1. The fourth-order valence-electron chi connectivity index (χ4n) is 1.60. The van der Waals surface area contributed by atoms with Crippen molar-refractivity contribution in [2.24, 2.45) is 5.84 Å². The van der Waals surface area contributed by atoms with Gasteiger partial charge in [0.1, 0.15) is 5.75 Å². The van der Waals surface area contributed by atoms with Gasteiger partial charge in [0.15, 0.2) is 0 Å². The number of unbranched alkanes of at least 4 members (excludes halogenated alkanes) is 2. The summed E-state index contributed by atoms with van der Waals surface area (Å²) in [5.74, 6) is 4.97. The van der Waals surface area contributed by atoms with Crippen molar-refractivity contribution in [1.82, 2.24) is 10.9 Å². The van der Waals surface area contributed by atoms with E-state index in [1.54, 1.807) is 29.7 Å². The van der Waals surface area contributed by atoms with E-state index in [1.165, 1.54) is 0 Å². The highest BCUT2D eigenvalue weighted by Gasteiger charge is 2.03. The second kappa shape index (κ2) is 8.89. The van der Waals surface area contributed by atoms with E-state index in [0.717, 1.165) is 12.8 Å². The predicted molar refractivity (Wildman–Crippen MR) is 72.0 cm³/mol. The van der Waals surface area contributed by atoms with E-state index >= 15 is 0 Å². The largest absolute Gasteiger partial charge is 0.494 e. The van der Waals surface area contributed by atoms with Crippen LogP contribution in [-0.4, -0.2) is 23.6 Å². The molecule has 5 N–H and O–H groups in total. The first-order valence-electron chi connectivity index (χ1n) is 6.34. The molecule has 0 saturated heterocycles. The Balaban J connectivity index is 2.19. The number of amides is 2. The van der Waals surface area contributed by atoms with Gasteiger partial charge in [-0.2, -0.15) is 0 Å². The molecule has 0 aliphatic heterocycles. The third-order valence-corrected chi connectivity index (χ3v) is 2.69. The maximum absolute atomic E-state index is 11.2. The number of hydrogen-bond acceptors (Lipinski definition) is 5. The van der Waals surface area contributed by atoms with Gasteiger partial charge in [-0.05, 0) is 43.5 Å². The van der Waals surface area contributed by atoms with Crippen LogP contribution < -0.4 is 21.5 Å². The molecule has 1 aromatic rings. The van der Waals surface area contributed by atoms with Crippen LogP contribution >= 0.6 is 0 Å². The van der Waals surface area contributed by atoms with E-state index in [4.69, 9.17) is 15.8 Å². The van der Waals surface area contributed by atoms with Gasteiger partial charge in [0.05, 0.1) is 6.61 Å². The normalized spacial score (nSPS) is 9.90. The number of benzene rings is 1. The number of ether oxygens (including phenoxy) is 1. The van der Waals surface area contributed by atoms with Crippen LogP contribution in [0.4, 0.5) is 0 Å². The SMILES string of the molecule is NNC(=O)c1ccc(OCCCCCC(=O)NO)cc1. The minimum absolute atomic E-state index is 0.305. The van der Waals surface area contributed by atoms with Gasteiger partial charge in [-0.15, -0.1) is 0 Å². The number of carbonyl (C=O) groups is 2. The lowest BCUT2D eigenvalue weighted by Gasteiger charge is -2.06. The van der Waals surface area contributed by atoms with E-state index in [9.17, 15) is 9.59 Å². The van der Waals surface area contributed by atoms with E-state index in [-0.39, 0.29) is 11.8 Å². The lowest BCUT2D eigenvalue weighted by molar-refractivity contribution is -0.129. The van der Waals surface area contributed by atoms with Gasteiger partial charge in [-0.3, -0.25) is 20.2 Å². The first kappa shape index (κ1) is 15.9. The molecule has 0 saturated carbocycles. The molecule has 110 valence electrons. The fraction of sp³-hybridized carbons (Fsp3) is 0.385. The minimum atomic E-state index is -0.375. The second-order valence-electron chi connectivity index (χ2n) is 4.19. The Morgan fingerprint density at radius 3 is 2.45 bits per heavy atom. The number of rotatable bonds is 8. The fourth-order valence-corrected chi connectivity index (χ4v) is 1.60. The Bertz CT molecular complexity index is 434. The summed E-state index contributed by atoms with van der Waals surface area (Å²) in [4.78, 5) is 22.0. The molecular weight excluding hydrogens is 262 g/mol. The Hall–Kier alpha value is -2.12. The molecule has 2 amide bonds. The van der Waals surface area contributed by atoms with Crippen LogP contribution in [0.5, 0.6) is 5.75 Å². The minimum Gasteiger partial charge on any atom is -0.494 e. The van der Waals surface area contributed by atoms with Gasteiger partial charge in [-0.1, -0.05) is 0 Å². The Morgan fingerprint density at radius 2 is 1.85 bits per heavy atom. The lowest BCUT2D eigenvalue weighted by atomic mass is 10.2. The first-order valence-corrected chi connectivity index (χ1v) is 6.34. The van der Waals surface area contributed by atoms with E-state index in [1.807, 2.05) is 0 Å². The van der Waals surface area contributed by atoms with Crippen molar-refractivity contribution < 1.29 is 19.5 Å². The summed E-state index contributed by atoms with van der Waals surface area (Å²) < 4.78 is 5.49. The van der Waals surface area contributed by atoms with Crippen LogP contribution in [0.2, 0.25) is 0 Å². The average Bonchev–Trinajstić information content (AvgIpc) is 2.50. The van der Waals surface area contributed by atoms with Crippen LogP contribution in [-0.2, 0) is 4.79 Å². The summed E-state index contributed by atoms with van der Waals surface area (Å²) in [5.41, 5.74) is 4.11. The first-order chi connectivity index (χ1) is 9.67. The molecule has 0 unspecified atom stereocenters. The smallest absolute Gasteiger partial charge is 0.265 e. The Labute approximate surface area is 117 Å². The van der Waals surface area contributed by atoms with Crippen LogP contribution in [0.3, 0.4) is 0 Å².